The molecule has 1 aliphatic heterocycles. The first kappa shape index (κ1) is 24.3. The Morgan fingerprint density at radius 1 is 1.25 bits per heavy atom. The fraction of sp³-hybridized carbons (Fsp3) is 0.560. The molecule has 1 aromatic carbocycles. The third kappa shape index (κ3) is 5.34. The number of hydrogen-bond acceptors (Lipinski definition) is 4. The molecule has 32 heavy (non-hydrogen) atoms. The van der Waals surface area contributed by atoms with E-state index >= 15 is 0 Å². The third-order valence-corrected chi connectivity index (χ3v) is 5.97. The average molecular weight is 460 g/mol. The molecule has 1 unspecified atom stereocenters. The zero-order valence-corrected chi connectivity index (χ0v) is 20.5. The van der Waals surface area contributed by atoms with Crippen molar-refractivity contribution in [2.45, 2.75) is 59.8 Å². The zero-order valence-electron chi connectivity index (χ0n) is 19.7. The number of carbonyl (C=O) groups is 2. The molecule has 0 radical (unpaired) electrons. The molecule has 2 heterocycles. The van der Waals surface area contributed by atoms with E-state index in [1.807, 2.05) is 28.9 Å². The van der Waals surface area contributed by atoms with Crippen molar-refractivity contribution in [1.29, 1.82) is 0 Å². The molecule has 6 nitrogen and oxygen atoms in total. The Hall–Kier alpha value is -2.34. The molecule has 174 valence electrons. The van der Waals surface area contributed by atoms with Crippen LogP contribution in [0, 0.1) is 11.8 Å². The van der Waals surface area contributed by atoms with Gasteiger partial charge in [-0.2, -0.15) is 5.10 Å². The number of piperidine rings is 1. The van der Waals surface area contributed by atoms with Gasteiger partial charge in [0.2, 0.25) is 0 Å². The van der Waals surface area contributed by atoms with Crippen LogP contribution in [0.25, 0.3) is 5.69 Å². The second kappa shape index (κ2) is 10.5. The van der Waals surface area contributed by atoms with Crippen LogP contribution in [0.2, 0.25) is 5.02 Å². The minimum absolute atomic E-state index is 0.0494. The SMILES string of the molecule is CCOC(=O)C1CCCN(C(=O)c2c(CC(C)C)nn(-c3cccc(Cl)c3)c2C(C)C)C1. The van der Waals surface area contributed by atoms with Crippen LogP contribution < -0.4 is 0 Å². The molecular formula is C25H34ClN3O3. The lowest BCUT2D eigenvalue weighted by Gasteiger charge is -2.32. The summed E-state index contributed by atoms with van der Waals surface area (Å²) in [6.45, 7) is 11.6. The van der Waals surface area contributed by atoms with Crippen LogP contribution in [-0.4, -0.2) is 46.3 Å². The molecule has 1 aliphatic rings. The minimum atomic E-state index is -0.272. The molecule has 1 aromatic heterocycles. The number of ether oxygens (including phenoxy) is 1. The van der Waals surface area contributed by atoms with E-state index < -0.39 is 0 Å². The van der Waals surface area contributed by atoms with E-state index in [1.54, 1.807) is 11.8 Å². The monoisotopic (exact) mass is 459 g/mol. The van der Waals surface area contributed by atoms with Crippen molar-refractivity contribution in [1.82, 2.24) is 14.7 Å². The number of carbonyl (C=O) groups excluding carboxylic acids is 2. The summed E-state index contributed by atoms with van der Waals surface area (Å²) in [5.41, 5.74) is 3.18. The van der Waals surface area contributed by atoms with Crippen molar-refractivity contribution in [2.75, 3.05) is 19.7 Å². The third-order valence-electron chi connectivity index (χ3n) is 5.74. The number of amides is 1. The number of nitrogens with zero attached hydrogens (tertiary/aromatic N) is 3. The Bertz CT molecular complexity index is 967. The van der Waals surface area contributed by atoms with Gasteiger partial charge in [-0.15, -0.1) is 0 Å². The zero-order chi connectivity index (χ0) is 23.4. The molecule has 0 saturated carbocycles. The van der Waals surface area contributed by atoms with Crippen molar-refractivity contribution < 1.29 is 14.3 Å². The molecule has 1 amide bonds. The van der Waals surface area contributed by atoms with Gasteiger partial charge < -0.3 is 9.64 Å². The average Bonchev–Trinajstić information content (AvgIpc) is 3.12. The maximum absolute atomic E-state index is 13.9. The Balaban J connectivity index is 2.05. The van der Waals surface area contributed by atoms with Crippen molar-refractivity contribution in [3.05, 3.63) is 46.2 Å². The van der Waals surface area contributed by atoms with Crippen LogP contribution in [0.1, 0.15) is 75.1 Å². The molecule has 1 atom stereocenters. The topological polar surface area (TPSA) is 64.4 Å². The van der Waals surface area contributed by atoms with Crippen LogP contribution in [0.4, 0.5) is 0 Å². The van der Waals surface area contributed by atoms with Gasteiger partial charge in [-0.25, -0.2) is 4.68 Å². The first-order chi connectivity index (χ1) is 15.2. The van der Waals surface area contributed by atoms with Crippen molar-refractivity contribution in [3.63, 3.8) is 0 Å². The Morgan fingerprint density at radius 2 is 2.00 bits per heavy atom. The molecule has 0 spiro atoms. The summed E-state index contributed by atoms with van der Waals surface area (Å²) in [5, 5.41) is 5.53. The van der Waals surface area contributed by atoms with Gasteiger partial charge in [0, 0.05) is 18.1 Å². The number of esters is 1. The molecule has 3 rings (SSSR count). The Morgan fingerprint density at radius 3 is 2.62 bits per heavy atom. The van der Waals surface area contributed by atoms with Gasteiger partial charge in [0.25, 0.3) is 5.91 Å². The van der Waals surface area contributed by atoms with Gasteiger partial charge in [0.15, 0.2) is 0 Å². The normalized spacial score (nSPS) is 16.6. The molecule has 0 aliphatic carbocycles. The molecule has 0 bridgehead atoms. The maximum atomic E-state index is 13.9. The van der Waals surface area contributed by atoms with E-state index in [1.165, 1.54) is 0 Å². The predicted octanol–water partition coefficient (Wildman–Crippen LogP) is 5.26. The highest BCUT2D eigenvalue weighted by Crippen LogP contribution is 2.31. The van der Waals surface area contributed by atoms with Gasteiger partial charge >= 0.3 is 5.97 Å². The standard InChI is InChI=1S/C25H34ClN3O3/c1-6-32-25(31)18-9-8-12-28(15-18)24(30)22-21(13-16(2)3)27-29(23(22)17(4)5)20-11-7-10-19(26)14-20/h7,10-11,14,16-18H,6,8-9,12-13,15H2,1-5H3. The number of halogens is 1. The van der Waals surface area contributed by atoms with Gasteiger partial charge in [-0.3, -0.25) is 9.59 Å². The van der Waals surface area contributed by atoms with E-state index in [4.69, 9.17) is 21.4 Å². The summed E-state index contributed by atoms with van der Waals surface area (Å²) in [7, 11) is 0. The highest BCUT2D eigenvalue weighted by molar-refractivity contribution is 6.30. The van der Waals surface area contributed by atoms with E-state index in [2.05, 4.69) is 27.7 Å². The molecule has 7 heteroatoms. The molecule has 1 fully saturated rings. The lowest BCUT2D eigenvalue weighted by molar-refractivity contribution is -0.149. The Labute approximate surface area is 195 Å². The quantitative estimate of drug-likeness (QED) is 0.529. The molecule has 2 aromatic rings. The van der Waals surface area contributed by atoms with Crippen LogP contribution in [0.3, 0.4) is 0 Å². The number of aromatic nitrogens is 2. The van der Waals surface area contributed by atoms with Crippen molar-refractivity contribution >= 4 is 23.5 Å². The van der Waals surface area contributed by atoms with Crippen LogP contribution >= 0.6 is 11.6 Å². The minimum Gasteiger partial charge on any atom is -0.466 e. The Kier molecular flexibility index (Phi) is 7.99. The van der Waals surface area contributed by atoms with Crippen LogP contribution in [0.15, 0.2) is 24.3 Å². The maximum Gasteiger partial charge on any atom is 0.310 e. The van der Waals surface area contributed by atoms with Gasteiger partial charge in [-0.1, -0.05) is 45.4 Å². The van der Waals surface area contributed by atoms with E-state index in [9.17, 15) is 9.59 Å². The lowest BCUT2D eigenvalue weighted by atomic mass is 9.94. The summed E-state index contributed by atoms with van der Waals surface area (Å²) in [5.74, 6) is -0.116. The second-order valence-electron chi connectivity index (χ2n) is 9.19. The number of rotatable bonds is 7. The molecule has 0 N–H and O–H groups in total. The van der Waals surface area contributed by atoms with Gasteiger partial charge in [0.05, 0.1) is 35.2 Å². The second-order valence-corrected chi connectivity index (χ2v) is 9.63. The smallest absolute Gasteiger partial charge is 0.310 e. The summed E-state index contributed by atoms with van der Waals surface area (Å²) < 4.78 is 7.09. The van der Waals surface area contributed by atoms with Gasteiger partial charge in [-0.05, 0) is 56.2 Å². The summed E-state index contributed by atoms with van der Waals surface area (Å²) in [4.78, 5) is 28.0. The van der Waals surface area contributed by atoms with Gasteiger partial charge in [0.1, 0.15) is 0 Å². The molecule has 1 saturated heterocycles. The summed E-state index contributed by atoms with van der Waals surface area (Å²) in [6.07, 6.45) is 2.23. The fourth-order valence-corrected chi connectivity index (χ4v) is 4.54. The largest absolute Gasteiger partial charge is 0.466 e. The number of likely N-dealkylation sites (tertiary alicyclic amines) is 1. The lowest BCUT2D eigenvalue weighted by Crippen LogP contribution is -2.43. The van der Waals surface area contributed by atoms with Crippen LogP contribution in [-0.2, 0) is 16.0 Å². The van der Waals surface area contributed by atoms with Crippen molar-refractivity contribution in [2.24, 2.45) is 11.8 Å². The first-order valence-electron chi connectivity index (χ1n) is 11.6. The van der Waals surface area contributed by atoms with Crippen molar-refractivity contribution in [3.8, 4) is 5.69 Å². The first-order valence-corrected chi connectivity index (χ1v) is 11.9. The fourth-order valence-electron chi connectivity index (χ4n) is 4.35. The predicted molar refractivity (Wildman–Crippen MR) is 126 cm³/mol. The number of hydrogen-bond donors (Lipinski definition) is 0. The number of benzene rings is 1. The summed E-state index contributed by atoms with van der Waals surface area (Å²) >= 11 is 6.25. The van der Waals surface area contributed by atoms with E-state index in [0.29, 0.717) is 42.6 Å². The highest BCUT2D eigenvalue weighted by atomic mass is 35.5. The summed E-state index contributed by atoms with van der Waals surface area (Å²) in [6, 6.07) is 7.54. The van der Waals surface area contributed by atoms with E-state index in [-0.39, 0.29) is 23.7 Å². The van der Waals surface area contributed by atoms with Crippen LogP contribution in [0.5, 0.6) is 0 Å². The molecular weight excluding hydrogens is 426 g/mol. The van der Waals surface area contributed by atoms with E-state index in [0.717, 1.165) is 29.9 Å². The highest BCUT2D eigenvalue weighted by Gasteiger charge is 2.34.